The first-order chi connectivity index (χ1) is 15.4. The van der Waals surface area contributed by atoms with Gasteiger partial charge in [-0.05, 0) is 26.8 Å². The average Bonchev–Trinajstić information content (AvgIpc) is 3.39. The number of carbonyl (C=O) groups is 2. The van der Waals surface area contributed by atoms with Crippen LogP contribution in [0.2, 0.25) is 0 Å². The van der Waals surface area contributed by atoms with Gasteiger partial charge in [0.15, 0.2) is 4.34 Å². The minimum Gasteiger partial charge on any atom is -0.465 e. The molecule has 32 heavy (non-hydrogen) atoms. The predicted molar refractivity (Wildman–Crippen MR) is 122 cm³/mol. The summed E-state index contributed by atoms with van der Waals surface area (Å²) in [4.78, 5) is 29.2. The molecule has 0 saturated carbocycles. The minimum atomic E-state index is -0.379. The van der Waals surface area contributed by atoms with Gasteiger partial charge in [-0.3, -0.25) is 14.9 Å². The Bertz CT molecular complexity index is 1280. The second-order valence-electron chi connectivity index (χ2n) is 6.79. The van der Waals surface area contributed by atoms with Gasteiger partial charge < -0.3 is 9.26 Å². The Hall–Kier alpha value is -3.31. The van der Waals surface area contributed by atoms with E-state index in [1.807, 2.05) is 31.2 Å². The first-order valence-corrected chi connectivity index (χ1v) is 11.5. The van der Waals surface area contributed by atoms with Crippen LogP contribution in [0.15, 0.2) is 39.2 Å². The van der Waals surface area contributed by atoms with Crippen molar-refractivity contribution in [1.29, 1.82) is 0 Å². The third kappa shape index (κ3) is 4.78. The topological polar surface area (TPSA) is 120 Å². The molecule has 0 unspecified atom stereocenters. The molecule has 4 aromatic rings. The van der Waals surface area contributed by atoms with Crippen molar-refractivity contribution in [1.82, 2.24) is 20.3 Å². The molecule has 11 heteroatoms. The minimum absolute atomic E-state index is 0.126. The molecule has 0 radical (unpaired) electrons. The Kier molecular flexibility index (Phi) is 6.47. The van der Waals surface area contributed by atoms with Crippen LogP contribution in [0.5, 0.6) is 0 Å². The lowest BCUT2D eigenvalue weighted by Gasteiger charge is -2.07. The smallest absolute Gasteiger partial charge is 0.316 e. The summed E-state index contributed by atoms with van der Waals surface area (Å²) in [5, 5.41) is 15.6. The molecule has 0 fully saturated rings. The van der Waals surface area contributed by atoms with Crippen LogP contribution in [0.1, 0.15) is 28.5 Å². The highest BCUT2D eigenvalue weighted by atomic mass is 32.2. The van der Waals surface area contributed by atoms with Gasteiger partial charge in [0.1, 0.15) is 0 Å². The van der Waals surface area contributed by atoms with Crippen LogP contribution in [0, 0.1) is 13.8 Å². The Morgan fingerprint density at radius 1 is 1.19 bits per heavy atom. The molecule has 3 heterocycles. The number of fused-ring (bicyclic) bond motifs is 1. The fraction of sp³-hybridized carbons (Fsp3) is 0.238. The Labute approximate surface area is 191 Å². The van der Waals surface area contributed by atoms with Crippen LogP contribution < -0.4 is 5.32 Å². The van der Waals surface area contributed by atoms with E-state index in [-0.39, 0.29) is 23.3 Å². The third-order valence-electron chi connectivity index (χ3n) is 4.45. The summed E-state index contributed by atoms with van der Waals surface area (Å²) in [5.41, 5.74) is 3.80. The summed E-state index contributed by atoms with van der Waals surface area (Å²) < 4.78 is 10.8. The van der Waals surface area contributed by atoms with E-state index < -0.39 is 0 Å². The molecule has 164 valence electrons. The van der Waals surface area contributed by atoms with E-state index in [0.29, 0.717) is 38.4 Å². The maximum absolute atomic E-state index is 13.1. The van der Waals surface area contributed by atoms with Crippen molar-refractivity contribution < 1.29 is 18.8 Å². The number of carbonyl (C=O) groups excluding carboxylic acids is 2. The number of aryl methyl sites for hydroxylation is 2. The van der Waals surface area contributed by atoms with E-state index >= 15 is 0 Å². The van der Waals surface area contributed by atoms with Crippen LogP contribution in [-0.2, 0) is 9.53 Å². The number of hydrogen-bond donors (Lipinski definition) is 1. The summed E-state index contributed by atoms with van der Waals surface area (Å²) in [6, 6.07) is 9.54. The van der Waals surface area contributed by atoms with Gasteiger partial charge in [0.2, 0.25) is 5.13 Å². The van der Waals surface area contributed by atoms with Gasteiger partial charge in [-0.25, -0.2) is 4.98 Å². The number of benzene rings is 1. The van der Waals surface area contributed by atoms with E-state index in [4.69, 9.17) is 9.26 Å². The second kappa shape index (κ2) is 9.45. The van der Waals surface area contributed by atoms with Gasteiger partial charge in [-0.15, -0.1) is 10.2 Å². The van der Waals surface area contributed by atoms with Crippen LogP contribution in [0.3, 0.4) is 0 Å². The summed E-state index contributed by atoms with van der Waals surface area (Å²) in [5.74, 6) is -0.583. The maximum Gasteiger partial charge on any atom is 0.316 e. The number of rotatable bonds is 7. The Balaban J connectivity index is 1.59. The number of esters is 1. The van der Waals surface area contributed by atoms with Crippen molar-refractivity contribution in [2.24, 2.45) is 0 Å². The number of nitrogens with zero attached hydrogens (tertiary/aromatic N) is 4. The Morgan fingerprint density at radius 3 is 2.72 bits per heavy atom. The van der Waals surface area contributed by atoms with Crippen LogP contribution in [0.4, 0.5) is 5.13 Å². The van der Waals surface area contributed by atoms with Crippen LogP contribution in [-0.4, -0.2) is 44.6 Å². The number of pyridine rings is 1. The number of anilines is 1. The molecule has 9 nitrogen and oxygen atoms in total. The molecule has 0 spiro atoms. The lowest BCUT2D eigenvalue weighted by molar-refractivity contribution is -0.139. The van der Waals surface area contributed by atoms with Gasteiger partial charge in [0, 0.05) is 5.56 Å². The molecular weight excluding hydrogens is 450 g/mol. The first-order valence-electron chi connectivity index (χ1n) is 9.72. The molecule has 0 aliphatic heterocycles. The fourth-order valence-corrected chi connectivity index (χ4v) is 4.50. The number of ether oxygens (including phenoxy) is 1. The van der Waals surface area contributed by atoms with Crippen LogP contribution >= 0.6 is 23.1 Å². The Morgan fingerprint density at radius 2 is 1.97 bits per heavy atom. The number of thioether (sulfide) groups is 1. The summed E-state index contributed by atoms with van der Waals surface area (Å²) in [6.07, 6.45) is 0. The molecule has 1 aromatic carbocycles. The molecule has 3 aromatic heterocycles. The second-order valence-corrected chi connectivity index (χ2v) is 8.99. The molecule has 0 atom stereocenters. The van der Waals surface area contributed by atoms with Gasteiger partial charge in [-0.2, -0.15) is 0 Å². The molecular formula is C21H19N5O4S2. The average molecular weight is 470 g/mol. The van der Waals surface area contributed by atoms with Crippen molar-refractivity contribution in [3.8, 4) is 11.3 Å². The highest BCUT2D eigenvalue weighted by Gasteiger charge is 2.21. The molecule has 0 bridgehead atoms. The fourth-order valence-electron chi connectivity index (χ4n) is 2.95. The van der Waals surface area contributed by atoms with Crippen molar-refractivity contribution in [2.75, 3.05) is 17.7 Å². The van der Waals surface area contributed by atoms with E-state index in [2.05, 4.69) is 25.7 Å². The highest BCUT2D eigenvalue weighted by Crippen LogP contribution is 2.29. The molecule has 1 N–H and O–H groups in total. The van der Waals surface area contributed by atoms with Gasteiger partial charge in [-0.1, -0.05) is 58.1 Å². The maximum atomic E-state index is 13.1. The molecule has 1 amide bonds. The monoisotopic (exact) mass is 469 g/mol. The van der Waals surface area contributed by atoms with Gasteiger partial charge in [0.25, 0.3) is 11.6 Å². The normalized spacial score (nSPS) is 11.0. The van der Waals surface area contributed by atoms with Crippen molar-refractivity contribution in [2.45, 2.75) is 25.1 Å². The highest BCUT2D eigenvalue weighted by molar-refractivity contribution is 8.01. The van der Waals surface area contributed by atoms with E-state index in [1.54, 1.807) is 19.9 Å². The molecule has 0 saturated heterocycles. The van der Waals surface area contributed by atoms with Gasteiger partial charge in [0.05, 0.1) is 34.7 Å². The van der Waals surface area contributed by atoms with E-state index in [9.17, 15) is 9.59 Å². The first kappa shape index (κ1) is 21.9. The number of hydrogen-bond acceptors (Lipinski definition) is 10. The number of nitrogens with one attached hydrogen (secondary N) is 1. The summed E-state index contributed by atoms with van der Waals surface area (Å²) in [7, 11) is 0. The lowest BCUT2D eigenvalue weighted by atomic mass is 10.0. The summed E-state index contributed by atoms with van der Waals surface area (Å²) >= 11 is 2.38. The van der Waals surface area contributed by atoms with Crippen molar-refractivity contribution >= 4 is 51.2 Å². The SMILES string of the molecule is CCOC(=O)CSc1nnc(NC(=O)c2cc(-c3ccc(C)cc3)nc3onc(C)c23)s1. The van der Waals surface area contributed by atoms with Gasteiger partial charge >= 0.3 is 5.97 Å². The van der Waals surface area contributed by atoms with Crippen molar-refractivity contribution in [3.63, 3.8) is 0 Å². The van der Waals surface area contributed by atoms with Crippen LogP contribution in [0.25, 0.3) is 22.4 Å². The zero-order valence-electron chi connectivity index (χ0n) is 17.5. The third-order valence-corrected chi connectivity index (χ3v) is 6.40. The molecule has 0 aliphatic carbocycles. The summed E-state index contributed by atoms with van der Waals surface area (Å²) in [6.45, 7) is 5.83. The number of amides is 1. The van der Waals surface area contributed by atoms with E-state index in [1.165, 1.54) is 23.1 Å². The number of aromatic nitrogens is 4. The van der Waals surface area contributed by atoms with E-state index in [0.717, 1.165) is 11.1 Å². The standard InChI is InChI=1S/C21H19N5O4S2/c1-4-29-16(27)10-31-21-25-24-20(32-21)23-18(28)14-9-15(13-7-5-11(2)6-8-13)22-19-17(14)12(3)26-30-19/h5-9H,4,10H2,1-3H3,(H,23,24,28). The largest absolute Gasteiger partial charge is 0.465 e. The molecule has 4 rings (SSSR count). The zero-order chi connectivity index (χ0) is 22.7. The lowest BCUT2D eigenvalue weighted by Crippen LogP contribution is -2.13. The van der Waals surface area contributed by atoms with Crippen molar-refractivity contribution in [3.05, 3.63) is 47.2 Å². The zero-order valence-corrected chi connectivity index (χ0v) is 19.2. The molecule has 0 aliphatic rings. The quantitative estimate of drug-likeness (QED) is 0.240. The predicted octanol–water partition coefficient (Wildman–Crippen LogP) is 4.27.